The highest BCUT2D eigenvalue weighted by molar-refractivity contribution is 6.32. The van der Waals surface area contributed by atoms with Gasteiger partial charge in [0.25, 0.3) is 0 Å². The molecule has 3 aromatic carbocycles. The van der Waals surface area contributed by atoms with Crippen molar-refractivity contribution in [1.82, 2.24) is 0 Å². The Kier molecular flexibility index (Phi) is 5.50. The number of carbonyl (C=O) groups excluding carboxylic acids is 1. The lowest BCUT2D eigenvalue weighted by Gasteiger charge is -2.08. The number of ether oxygens (including phenoxy) is 1. The Hall–Kier alpha value is -3.04. The third-order valence-electron chi connectivity index (χ3n) is 3.40. The Morgan fingerprint density at radius 2 is 1.60 bits per heavy atom. The van der Waals surface area contributed by atoms with Gasteiger partial charge in [-0.2, -0.15) is 0 Å². The maximum atomic E-state index is 12.1. The summed E-state index contributed by atoms with van der Waals surface area (Å²) >= 11 is 6.07. The number of benzene rings is 3. The van der Waals surface area contributed by atoms with Gasteiger partial charge in [0.1, 0.15) is 11.5 Å². The molecule has 1 amide bonds. The topological polar surface area (TPSA) is 38.3 Å². The molecule has 0 aromatic heterocycles. The summed E-state index contributed by atoms with van der Waals surface area (Å²) in [7, 11) is 0. The second kappa shape index (κ2) is 8.18. The first kappa shape index (κ1) is 16.8. The molecule has 0 saturated carbocycles. The van der Waals surface area contributed by atoms with Crippen LogP contribution in [0.25, 0.3) is 6.08 Å². The van der Waals surface area contributed by atoms with Crippen LogP contribution in [0.3, 0.4) is 0 Å². The number of hydrogen-bond acceptors (Lipinski definition) is 2. The number of anilines is 1. The zero-order valence-corrected chi connectivity index (χ0v) is 14.1. The van der Waals surface area contributed by atoms with E-state index in [1.807, 2.05) is 60.7 Å². The lowest BCUT2D eigenvalue weighted by Crippen LogP contribution is -2.07. The molecule has 3 aromatic rings. The molecule has 0 spiro atoms. The molecule has 0 heterocycles. The Balaban J connectivity index is 1.65. The van der Waals surface area contributed by atoms with E-state index < -0.39 is 0 Å². The van der Waals surface area contributed by atoms with Crippen LogP contribution < -0.4 is 10.1 Å². The zero-order valence-electron chi connectivity index (χ0n) is 13.4. The number of hydrogen-bond donors (Lipinski definition) is 1. The summed E-state index contributed by atoms with van der Waals surface area (Å²) in [5, 5.41) is 3.41. The molecule has 0 fully saturated rings. The molecule has 0 aliphatic heterocycles. The normalized spacial score (nSPS) is 10.6. The summed E-state index contributed by atoms with van der Waals surface area (Å²) in [4.78, 5) is 12.1. The van der Waals surface area contributed by atoms with E-state index in [0.29, 0.717) is 16.5 Å². The fourth-order valence-corrected chi connectivity index (χ4v) is 2.42. The maximum Gasteiger partial charge on any atom is 0.248 e. The van der Waals surface area contributed by atoms with Crippen molar-refractivity contribution in [3.63, 3.8) is 0 Å². The van der Waals surface area contributed by atoms with Crippen molar-refractivity contribution in [3.05, 3.63) is 95.5 Å². The van der Waals surface area contributed by atoms with Gasteiger partial charge in [-0.15, -0.1) is 0 Å². The molecular weight excluding hydrogens is 334 g/mol. The van der Waals surface area contributed by atoms with Crippen LogP contribution in [0.1, 0.15) is 5.56 Å². The first-order chi connectivity index (χ1) is 12.2. The SMILES string of the molecule is O=C(/C=C/c1ccccc1Cl)Nc1cccc(Oc2ccccc2)c1. The minimum atomic E-state index is -0.239. The van der Waals surface area contributed by atoms with E-state index in [2.05, 4.69) is 5.32 Å². The van der Waals surface area contributed by atoms with Crippen LogP contribution in [0.2, 0.25) is 5.02 Å². The highest BCUT2D eigenvalue weighted by Gasteiger charge is 2.02. The number of rotatable bonds is 5. The molecule has 0 unspecified atom stereocenters. The van der Waals surface area contributed by atoms with Gasteiger partial charge in [-0.3, -0.25) is 4.79 Å². The molecule has 25 heavy (non-hydrogen) atoms. The summed E-state index contributed by atoms with van der Waals surface area (Å²) in [6.45, 7) is 0. The Morgan fingerprint density at radius 1 is 0.880 bits per heavy atom. The lowest BCUT2D eigenvalue weighted by molar-refractivity contribution is -0.111. The molecule has 0 saturated heterocycles. The standard InChI is InChI=1S/C21H16ClNO2/c22-20-12-5-4-7-16(20)13-14-21(24)23-17-8-6-11-19(15-17)25-18-9-2-1-3-10-18/h1-15H,(H,23,24)/b14-13+. The Bertz CT molecular complexity index is 891. The van der Waals surface area contributed by atoms with Crippen molar-refractivity contribution < 1.29 is 9.53 Å². The van der Waals surface area contributed by atoms with Gasteiger partial charge in [-0.05, 0) is 42.0 Å². The molecule has 1 N–H and O–H groups in total. The summed E-state index contributed by atoms with van der Waals surface area (Å²) in [5.74, 6) is 1.15. The second-order valence-electron chi connectivity index (χ2n) is 5.29. The summed E-state index contributed by atoms with van der Waals surface area (Å²) < 4.78 is 5.76. The van der Waals surface area contributed by atoms with Crippen molar-refractivity contribution in [2.45, 2.75) is 0 Å². The molecule has 0 atom stereocenters. The first-order valence-electron chi connectivity index (χ1n) is 7.77. The highest BCUT2D eigenvalue weighted by atomic mass is 35.5. The van der Waals surface area contributed by atoms with Crippen molar-refractivity contribution in [1.29, 1.82) is 0 Å². The third-order valence-corrected chi connectivity index (χ3v) is 3.74. The van der Waals surface area contributed by atoms with Crippen LogP contribution in [-0.4, -0.2) is 5.91 Å². The minimum Gasteiger partial charge on any atom is -0.457 e. The summed E-state index contributed by atoms with van der Waals surface area (Å²) in [5.41, 5.74) is 1.45. The smallest absolute Gasteiger partial charge is 0.248 e. The van der Waals surface area contributed by atoms with Gasteiger partial charge in [0.15, 0.2) is 0 Å². The summed E-state index contributed by atoms with van der Waals surface area (Å²) in [6.07, 6.45) is 3.13. The Morgan fingerprint density at radius 3 is 2.40 bits per heavy atom. The second-order valence-corrected chi connectivity index (χ2v) is 5.69. The fraction of sp³-hybridized carbons (Fsp3) is 0. The van der Waals surface area contributed by atoms with E-state index in [1.54, 1.807) is 24.3 Å². The van der Waals surface area contributed by atoms with E-state index in [4.69, 9.17) is 16.3 Å². The number of carbonyl (C=O) groups is 1. The largest absolute Gasteiger partial charge is 0.457 e. The molecule has 0 radical (unpaired) electrons. The third kappa shape index (κ3) is 4.96. The monoisotopic (exact) mass is 349 g/mol. The predicted molar refractivity (Wildman–Crippen MR) is 102 cm³/mol. The minimum absolute atomic E-state index is 0.239. The summed E-state index contributed by atoms with van der Waals surface area (Å²) in [6, 6.07) is 24.1. The van der Waals surface area contributed by atoms with Crippen molar-refractivity contribution in [2.75, 3.05) is 5.32 Å². The molecule has 0 aliphatic carbocycles. The molecule has 3 rings (SSSR count). The van der Waals surface area contributed by atoms with Gasteiger partial charge < -0.3 is 10.1 Å². The molecule has 3 nitrogen and oxygen atoms in total. The molecule has 124 valence electrons. The van der Waals surface area contributed by atoms with Gasteiger partial charge >= 0.3 is 0 Å². The zero-order chi connectivity index (χ0) is 17.5. The maximum absolute atomic E-state index is 12.1. The van der Waals surface area contributed by atoms with Gasteiger partial charge in [0.05, 0.1) is 0 Å². The molecule has 4 heteroatoms. The van der Waals surface area contributed by atoms with Crippen LogP contribution in [0, 0.1) is 0 Å². The van der Waals surface area contributed by atoms with Gasteiger partial charge in [0.2, 0.25) is 5.91 Å². The van der Waals surface area contributed by atoms with Gasteiger partial charge in [-0.25, -0.2) is 0 Å². The van der Waals surface area contributed by atoms with Crippen molar-refractivity contribution in [2.24, 2.45) is 0 Å². The first-order valence-corrected chi connectivity index (χ1v) is 8.15. The van der Waals surface area contributed by atoms with Gasteiger partial charge in [0, 0.05) is 22.9 Å². The van der Waals surface area contributed by atoms with Crippen LogP contribution in [-0.2, 0) is 4.79 Å². The molecular formula is C21H16ClNO2. The quantitative estimate of drug-likeness (QED) is 0.592. The number of halogens is 1. The van der Waals surface area contributed by atoms with E-state index in [0.717, 1.165) is 11.3 Å². The number of amides is 1. The van der Waals surface area contributed by atoms with E-state index >= 15 is 0 Å². The predicted octanol–water partition coefficient (Wildman–Crippen LogP) is 5.78. The van der Waals surface area contributed by atoms with E-state index in [9.17, 15) is 4.79 Å². The van der Waals surface area contributed by atoms with Crippen LogP contribution in [0.15, 0.2) is 84.9 Å². The fourth-order valence-electron chi connectivity index (χ4n) is 2.22. The average Bonchev–Trinajstić information content (AvgIpc) is 2.62. The van der Waals surface area contributed by atoms with E-state index in [1.165, 1.54) is 6.08 Å². The Labute approximate surface area is 151 Å². The average molecular weight is 350 g/mol. The number of para-hydroxylation sites is 1. The van der Waals surface area contributed by atoms with Crippen LogP contribution in [0.4, 0.5) is 5.69 Å². The van der Waals surface area contributed by atoms with Crippen molar-refractivity contribution >= 4 is 29.3 Å². The molecule has 0 bridgehead atoms. The lowest BCUT2D eigenvalue weighted by atomic mass is 10.2. The highest BCUT2D eigenvalue weighted by Crippen LogP contribution is 2.24. The van der Waals surface area contributed by atoms with E-state index in [-0.39, 0.29) is 5.91 Å². The van der Waals surface area contributed by atoms with Crippen LogP contribution in [0.5, 0.6) is 11.5 Å². The van der Waals surface area contributed by atoms with Gasteiger partial charge in [-0.1, -0.05) is 54.1 Å². The molecule has 0 aliphatic rings. The number of nitrogens with one attached hydrogen (secondary N) is 1. The van der Waals surface area contributed by atoms with Crippen molar-refractivity contribution in [3.8, 4) is 11.5 Å². The van der Waals surface area contributed by atoms with Crippen LogP contribution >= 0.6 is 11.6 Å².